The molecule has 1 aromatic heterocycles. The molecule has 6 heteroatoms. The summed E-state index contributed by atoms with van der Waals surface area (Å²) in [5.74, 6) is -0.341. The van der Waals surface area contributed by atoms with Crippen molar-refractivity contribution >= 4 is 39.6 Å². The zero-order chi connectivity index (χ0) is 20.6. The van der Waals surface area contributed by atoms with Crippen LogP contribution in [0.4, 0.5) is 5.00 Å². The maximum Gasteiger partial charge on any atom is 0.341 e. The van der Waals surface area contributed by atoms with Gasteiger partial charge in [-0.25, -0.2) is 4.79 Å². The summed E-state index contributed by atoms with van der Waals surface area (Å²) in [5.41, 5.74) is 4.07. The quantitative estimate of drug-likeness (QED) is 0.398. The van der Waals surface area contributed by atoms with Crippen molar-refractivity contribution in [1.82, 2.24) is 5.32 Å². The van der Waals surface area contributed by atoms with Crippen LogP contribution < -0.4 is 10.6 Å². The Morgan fingerprint density at radius 3 is 2.48 bits per heavy atom. The summed E-state index contributed by atoms with van der Waals surface area (Å²) in [5, 5.41) is 7.56. The Kier molecular flexibility index (Phi) is 7.38. The Morgan fingerprint density at radius 2 is 1.79 bits per heavy atom. The Balaban J connectivity index is 1.70. The molecule has 0 aliphatic heterocycles. The van der Waals surface area contributed by atoms with E-state index in [0.717, 1.165) is 16.9 Å². The average Bonchev–Trinajstić information content (AvgIpc) is 3.10. The molecule has 0 unspecified atom stereocenters. The molecular formula is C23H24N2O2S2. The van der Waals surface area contributed by atoms with Gasteiger partial charge in [0.1, 0.15) is 5.00 Å². The minimum absolute atomic E-state index is 0.332. The lowest BCUT2D eigenvalue weighted by atomic mass is 10.1. The van der Waals surface area contributed by atoms with Gasteiger partial charge in [0.05, 0.1) is 12.2 Å². The van der Waals surface area contributed by atoms with Crippen molar-refractivity contribution in [3.63, 3.8) is 0 Å². The van der Waals surface area contributed by atoms with E-state index in [2.05, 4.69) is 54.0 Å². The number of hydrogen-bond donors (Lipinski definition) is 2. The molecule has 0 aliphatic carbocycles. The van der Waals surface area contributed by atoms with Crippen LogP contribution in [0.3, 0.4) is 0 Å². The molecule has 0 spiro atoms. The summed E-state index contributed by atoms with van der Waals surface area (Å²) >= 11 is 6.96. The minimum atomic E-state index is -0.341. The van der Waals surface area contributed by atoms with Crippen LogP contribution in [0.5, 0.6) is 0 Å². The van der Waals surface area contributed by atoms with Gasteiger partial charge in [0.2, 0.25) is 0 Å². The monoisotopic (exact) mass is 424 g/mol. The fraction of sp³-hybridized carbons (Fsp3) is 0.217. The maximum atomic E-state index is 12.4. The van der Waals surface area contributed by atoms with Gasteiger partial charge < -0.3 is 15.4 Å². The predicted octanol–water partition coefficient (Wildman–Crippen LogP) is 5.31. The van der Waals surface area contributed by atoms with Crippen LogP contribution in [0, 0.1) is 6.92 Å². The first-order valence-corrected chi connectivity index (χ1v) is 10.7. The van der Waals surface area contributed by atoms with Crippen LogP contribution in [0.15, 0.2) is 60.7 Å². The molecule has 0 aliphatic rings. The van der Waals surface area contributed by atoms with Crippen molar-refractivity contribution in [3.05, 3.63) is 87.8 Å². The van der Waals surface area contributed by atoms with Crippen LogP contribution in [-0.4, -0.2) is 17.7 Å². The molecule has 0 bridgehead atoms. The fourth-order valence-electron chi connectivity index (χ4n) is 2.82. The van der Waals surface area contributed by atoms with Crippen LogP contribution in [0.2, 0.25) is 0 Å². The van der Waals surface area contributed by atoms with E-state index in [4.69, 9.17) is 17.0 Å². The van der Waals surface area contributed by atoms with Crippen molar-refractivity contribution < 1.29 is 9.53 Å². The molecule has 3 rings (SSSR count). The van der Waals surface area contributed by atoms with Crippen LogP contribution in [0.25, 0.3) is 0 Å². The Hall–Kier alpha value is -2.70. The number of thiophene rings is 1. The van der Waals surface area contributed by atoms with Gasteiger partial charge in [-0.3, -0.25) is 0 Å². The van der Waals surface area contributed by atoms with Crippen LogP contribution in [0.1, 0.15) is 38.8 Å². The molecule has 4 nitrogen and oxygen atoms in total. The number of hydrogen-bond acceptors (Lipinski definition) is 4. The predicted molar refractivity (Wildman–Crippen MR) is 124 cm³/mol. The Bertz CT molecular complexity index is 966. The Labute approximate surface area is 180 Å². The van der Waals surface area contributed by atoms with Gasteiger partial charge in [-0.05, 0) is 43.3 Å². The fourth-order valence-corrected chi connectivity index (χ4v) is 4.14. The number of benzene rings is 2. The first-order chi connectivity index (χ1) is 14.0. The number of rotatable bonds is 7. The van der Waals surface area contributed by atoms with E-state index in [1.54, 1.807) is 6.92 Å². The topological polar surface area (TPSA) is 50.4 Å². The van der Waals surface area contributed by atoms with Crippen molar-refractivity contribution in [1.29, 1.82) is 0 Å². The van der Waals surface area contributed by atoms with E-state index >= 15 is 0 Å². The first-order valence-electron chi connectivity index (χ1n) is 9.49. The molecule has 2 N–H and O–H groups in total. The molecule has 29 heavy (non-hydrogen) atoms. The van der Waals surface area contributed by atoms with E-state index in [-0.39, 0.29) is 5.97 Å². The van der Waals surface area contributed by atoms with Crippen LogP contribution in [-0.2, 0) is 17.7 Å². The molecule has 0 atom stereocenters. The SMILES string of the molecule is CCOC(=O)c1cc(Cc2ccccc2)sc1NC(=S)NCc1ccc(C)cc1. The van der Waals surface area contributed by atoms with Crippen LogP contribution >= 0.6 is 23.6 Å². The molecule has 1 heterocycles. The molecule has 0 radical (unpaired) electrons. The lowest BCUT2D eigenvalue weighted by Crippen LogP contribution is -2.28. The lowest BCUT2D eigenvalue weighted by Gasteiger charge is -2.11. The number of esters is 1. The first kappa shape index (κ1) is 21.0. The van der Waals surface area contributed by atoms with Crippen molar-refractivity contribution in [2.45, 2.75) is 26.8 Å². The number of anilines is 1. The lowest BCUT2D eigenvalue weighted by molar-refractivity contribution is 0.0528. The van der Waals surface area contributed by atoms with Gasteiger partial charge in [-0.1, -0.05) is 60.2 Å². The number of aryl methyl sites for hydroxylation is 1. The molecule has 2 aromatic carbocycles. The van der Waals surface area contributed by atoms with Gasteiger partial charge in [-0.2, -0.15) is 0 Å². The summed E-state index contributed by atoms with van der Waals surface area (Å²) in [7, 11) is 0. The highest BCUT2D eigenvalue weighted by Gasteiger charge is 2.18. The van der Waals surface area contributed by atoms with Gasteiger partial charge >= 0.3 is 5.97 Å². The van der Waals surface area contributed by atoms with Crippen molar-refractivity contribution in [2.75, 3.05) is 11.9 Å². The standard InChI is InChI=1S/C23H24N2O2S2/c1-3-27-22(26)20-14-19(13-17-7-5-4-6-8-17)29-21(20)25-23(28)24-15-18-11-9-16(2)10-12-18/h4-12,14H,3,13,15H2,1-2H3,(H2,24,25,28). The average molecular weight is 425 g/mol. The molecule has 3 aromatic rings. The molecule has 0 saturated carbocycles. The summed E-state index contributed by atoms with van der Waals surface area (Å²) in [4.78, 5) is 13.5. The molecular weight excluding hydrogens is 400 g/mol. The number of carbonyl (C=O) groups excluding carboxylic acids is 1. The third-order valence-electron chi connectivity index (χ3n) is 4.30. The minimum Gasteiger partial charge on any atom is -0.462 e. The van der Waals surface area contributed by atoms with Gasteiger partial charge in [0, 0.05) is 17.8 Å². The second kappa shape index (κ2) is 10.2. The zero-order valence-corrected chi connectivity index (χ0v) is 18.2. The number of ether oxygens (including phenoxy) is 1. The summed E-state index contributed by atoms with van der Waals surface area (Å²) in [6, 6.07) is 20.3. The van der Waals surface area contributed by atoms with E-state index in [1.165, 1.54) is 22.5 Å². The third-order valence-corrected chi connectivity index (χ3v) is 5.60. The highest BCUT2D eigenvalue weighted by molar-refractivity contribution is 7.80. The highest BCUT2D eigenvalue weighted by Crippen LogP contribution is 2.30. The molecule has 150 valence electrons. The summed E-state index contributed by atoms with van der Waals surface area (Å²) in [6.07, 6.45) is 0.753. The third kappa shape index (κ3) is 6.14. The van der Waals surface area contributed by atoms with Crippen molar-refractivity contribution in [2.24, 2.45) is 0 Å². The highest BCUT2D eigenvalue weighted by atomic mass is 32.1. The van der Waals surface area contributed by atoms with Gasteiger partial charge in [0.15, 0.2) is 5.11 Å². The van der Waals surface area contributed by atoms with Gasteiger partial charge in [-0.15, -0.1) is 11.3 Å². The van der Waals surface area contributed by atoms with E-state index in [1.807, 2.05) is 24.3 Å². The van der Waals surface area contributed by atoms with E-state index in [0.29, 0.717) is 28.8 Å². The maximum absolute atomic E-state index is 12.4. The molecule has 0 fully saturated rings. The second-order valence-electron chi connectivity index (χ2n) is 6.63. The summed E-state index contributed by atoms with van der Waals surface area (Å²) < 4.78 is 5.22. The molecule has 0 saturated heterocycles. The second-order valence-corrected chi connectivity index (χ2v) is 8.18. The number of carbonyl (C=O) groups is 1. The smallest absolute Gasteiger partial charge is 0.341 e. The van der Waals surface area contributed by atoms with E-state index < -0.39 is 0 Å². The number of thiocarbonyl (C=S) groups is 1. The Morgan fingerprint density at radius 1 is 1.07 bits per heavy atom. The van der Waals surface area contributed by atoms with Gasteiger partial charge in [0.25, 0.3) is 0 Å². The molecule has 0 amide bonds. The van der Waals surface area contributed by atoms with Crippen molar-refractivity contribution in [3.8, 4) is 0 Å². The van der Waals surface area contributed by atoms with E-state index in [9.17, 15) is 4.79 Å². The normalized spacial score (nSPS) is 10.4. The zero-order valence-electron chi connectivity index (χ0n) is 16.5. The number of nitrogens with one attached hydrogen (secondary N) is 2. The largest absolute Gasteiger partial charge is 0.462 e. The summed E-state index contributed by atoms with van der Waals surface area (Å²) in [6.45, 7) is 4.81.